The fraction of sp³-hybridized carbons (Fsp3) is 0.587. The summed E-state index contributed by atoms with van der Waals surface area (Å²) in [6, 6.07) is 30.4. The highest BCUT2D eigenvalue weighted by Gasteiger charge is 2.57. The summed E-state index contributed by atoms with van der Waals surface area (Å²) in [7, 11) is 3.28. The van der Waals surface area contributed by atoms with Gasteiger partial charge in [0, 0.05) is 19.6 Å². The van der Waals surface area contributed by atoms with Crippen molar-refractivity contribution >= 4 is 11.9 Å². The summed E-state index contributed by atoms with van der Waals surface area (Å²) in [6.45, 7) is 23.3. The van der Waals surface area contributed by atoms with E-state index in [2.05, 4.69) is 130 Å². The van der Waals surface area contributed by atoms with E-state index in [1.165, 1.54) is 33.4 Å². The van der Waals surface area contributed by atoms with E-state index in [1.54, 1.807) is 14.2 Å². The zero-order chi connectivity index (χ0) is 50.9. The quantitative estimate of drug-likeness (QED) is 0.0911. The third-order valence-corrected chi connectivity index (χ3v) is 18.5. The van der Waals surface area contributed by atoms with Gasteiger partial charge in [0.1, 0.15) is 50.1 Å². The molecule has 0 spiro atoms. The predicted octanol–water partition coefficient (Wildman–Crippen LogP) is 13.6. The molecule has 0 aliphatic heterocycles. The molecule has 4 aromatic carbocycles. The molecule has 8 unspecified atom stereocenters. The van der Waals surface area contributed by atoms with Crippen molar-refractivity contribution in [2.24, 2.45) is 22.7 Å². The largest absolute Gasteiger partial charge is 0.491 e. The number of benzene rings is 4. The van der Waals surface area contributed by atoms with Gasteiger partial charge in [-0.05, 0) is 168 Å². The molecule has 0 aromatic heterocycles. The number of aryl methyl sites for hydroxylation is 2. The molecule has 0 bridgehead atoms. The van der Waals surface area contributed by atoms with Crippen molar-refractivity contribution in [1.29, 1.82) is 0 Å². The maximum atomic E-state index is 14.0. The van der Waals surface area contributed by atoms with Gasteiger partial charge in [-0.1, -0.05) is 129 Å². The molecule has 2 fully saturated rings. The third kappa shape index (κ3) is 10.3. The van der Waals surface area contributed by atoms with Crippen molar-refractivity contribution in [3.05, 3.63) is 129 Å². The van der Waals surface area contributed by atoms with E-state index >= 15 is 0 Å². The smallest absolute Gasteiger partial charge is 0.312 e. The summed E-state index contributed by atoms with van der Waals surface area (Å²) in [5.41, 5.74) is 9.30. The monoisotopic (exact) mass is 969 g/mol. The Bertz CT molecular complexity index is 2320. The molecular weight excluding hydrogens is 885 g/mol. The molecule has 71 heavy (non-hydrogen) atoms. The number of hydrogen-bond donors (Lipinski definition) is 0. The molecule has 0 heterocycles. The van der Waals surface area contributed by atoms with Gasteiger partial charge < -0.3 is 28.4 Å². The van der Waals surface area contributed by atoms with Crippen molar-refractivity contribution in [2.45, 2.75) is 174 Å². The molecule has 0 saturated heterocycles. The van der Waals surface area contributed by atoms with Crippen LogP contribution in [0.1, 0.15) is 177 Å². The molecule has 8 atom stereocenters. The van der Waals surface area contributed by atoms with Crippen LogP contribution in [0.5, 0.6) is 11.5 Å². The Morgan fingerprint density at radius 2 is 0.930 bits per heavy atom. The zero-order valence-corrected chi connectivity index (χ0v) is 45.2. The molecule has 2 saturated carbocycles. The Labute approximate surface area is 426 Å². The van der Waals surface area contributed by atoms with Crippen molar-refractivity contribution < 1.29 is 38.0 Å². The van der Waals surface area contributed by atoms with Crippen LogP contribution in [0.4, 0.5) is 0 Å². The van der Waals surface area contributed by atoms with Crippen LogP contribution >= 0.6 is 0 Å². The molecule has 4 aromatic rings. The van der Waals surface area contributed by atoms with Crippen molar-refractivity contribution in [3.8, 4) is 11.5 Å². The molecule has 8 nitrogen and oxygen atoms in total. The van der Waals surface area contributed by atoms with Crippen LogP contribution in [0, 0.1) is 22.7 Å². The highest BCUT2D eigenvalue weighted by molar-refractivity contribution is 5.78. The van der Waals surface area contributed by atoms with Crippen molar-refractivity contribution in [2.75, 3.05) is 40.6 Å². The standard InChI is InChI=1S/C63H84O8/c1-41(2)43-15-27-53-45(35-43)17-29-55-60(53,7)31-13-33-62(55,9)57(64)70-39-51(66-11)37-68-49-23-19-47(20-24-49)59(5,6)48-21-25-50(26-22-48)69-38-52(67-12)40-71-58(65)63(10)34-14-32-61(8)54-28-16-44(42(3)4)36-46(54)18-30-56(61)63/h15-16,19-28,35-36,41-42,51-52,55-56H,13-14,17-18,29-34,37-40H2,1-12H3. The molecule has 0 amide bonds. The van der Waals surface area contributed by atoms with Gasteiger partial charge in [-0.2, -0.15) is 0 Å². The van der Waals surface area contributed by atoms with E-state index in [-0.39, 0.29) is 66.4 Å². The van der Waals surface area contributed by atoms with Crippen LogP contribution in [0.3, 0.4) is 0 Å². The maximum Gasteiger partial charge on any atom is 0.312 e. The van der Waals surface area contributed by atoms with Gasteiger partial charge in [0.2, 0.25) is 0 Å². The minimum atomic E-state index is -0.555. The summed E-state index contributed by atoms with van der Waals surface area (Å²) in [5.74, 6) is 2.65. The first kappa shape index (κ1) is 52.7. The predicted molar refractivity (Wildman–Crippen MR) is 283 cm³/mol. The van der Waals surface area contributed by atoms with Crippen LogP contribution in [-0.2, 0) is 57.6 Å². The lowest BCUT2D eigenvalue weighted by atomic mass is 9.49. The van der Waals surface area contributed by atoms with Crippen molar-refractivity contribution in [1.82, 2.24) is 0 Å². The maximum absolute atomic E-state index is 14.0. The molecule has 384 valence electrons. The molecule has 0 N–H and O–H groups in total. The Kier molecular flexibility index (Phi) is 15.6. The number of ether oxygens (including phenoxy) is 6. The van der Waals surface area contributed by atoms with Gasteiger partial charge in [0.25, 0.3) is 0 Å². The SMILES string of the molecule is COC(COC(=O)C1(C)CCCC2(C)c3ccc(C(C)C)cc3CCC12)COc1ccc(C(C)(C)c2ccc(OCC(COC(=O)C3(C)CCCC4(C)c5ccc(C(C)C)cc5CCC34)OC)cc2)cc1. The van der Waals surface area contributed by atoms with Crippen LogP contribution in [0.25, 0.3) is 0 Å². The second kappa shape index (κ2) is 21.1. The number of carbonyl (C=O) groups is 2. The topological polar surface area (TPSA) is 89.5 Å². The van der Waals surface area contributed by atoms with Crippen LogP contribution in [0.2, 0.25) is 0 Å². The highest BCUT2D eigenvalue weighted by Crippen LogP contribution is 2.59. The van der Waals surface area contributed by atoms with Gasteiger partial charge in [-0.3, -0.25) is 9.59 Å². The van der Waals surface area contributed by atoms with E-state index < -0.39 is 23.0 Å². The molecule has 4 aliphatic carbocycles. The zero-order valence-electron chi connectivity index (χ0n) is 45.2. The van der Waals surface area contributed by atoms with Gasteiger partial charge in [0.05, 0.1) is 10.8 Å². The average Bonchev–Trinajstić information content (AvgIpc) is 3.36. The lowest BCUT2D eigenvalue weighted by molar-refractivity contribution is -0.169. The number of methoxy groups -OCH3 is 2. The number of hydrogen-bond acceptors (Lipinski definition) is 8. The Morgan fingerprint density at radius 3 is 1.28 bits per heavy atom. The molecule has 8 heteroatoms. The number of carbonyl (C=O) groups excluding carboxylic acids is 2. The van der Waals surface area contributed by atoms with Gasteiger partial charge in [-0.15, -0.1) is 0 Å². The van der Waals surface area contributed by atoms with Gasteiger partial charge in [0.15, 0.2) is 0 Å². The normalized spacial score (nSPS) is 26.8. The number of fused-ring (bicyclic) bond motifs is 6. The first-order chi connectivity index (χ1) is 33.8. The summed E-state index contributed by atoms with van der Waals surface area (Å²) < 4.78 is 36.2. The highest BCUT2D eigenvalue weighted by atomic mass is 16.6. The van der Waals surface area contributed by atoms with Gasteiger partial charge >= 0.3 is 11.9 Å². The molecular formula is C63H84O8. The second-order valence-electron chi connectivity index (χ2n) is 23.9. The lowest BCUT2D eigenvalue weighted by Gasteiger charge is -2.54. The minimum absolute atomic E-state index is 0.0499. The fourth-order valence-electron chi connectivity index (χ4n) is 13.7. The molecule has 0 radical (unpaired) electrons. The van der Waals surface area contributed by atoms with E-state index in [0.717, 1.165) is 86.8 Å². The van der Waals surface area contributed by atoms with E-state index in [9.17, 15) is 9.59 Å². The first-order valence-corrected chi connectivity index (χ1v) is 26.9. The summed E-state index contributed by atoms with van der Waals surface area (Å²) >= 11 is 0. The van der Waals surface area contributed by atoms with E-state index in [4.69, 9.17) is 28.4 Å². The van der Waals surface area contributed by atoms with Crippen LogP contribution < -0.4 is 9.47 Å². The van der Waals surface area contributed by atoms with E-state index in [0.29, 0.717) is 11.8 Å². The number of rotatable bonds is 18. The molecule has 8 rings (SSSR count). The van der Waals surface area contributed by atoms with Crippen LogP contribution in [-0.4, -0.2) is 64.8 Å². The Balaban J connectivity index is 0.803. The van der Waals surface area contributed by atoms with Crippen LogP contribution in [0.15, 0.2) is 84.9 Å². The number of esters is 2. The second-order valence-corrected chi connectivity index (χ2v) is 23.9. The summed E-state index contributed by atoms with van der Waals surface area (Å²) in [6.07, 6.45) is 9.04. The van der Waals surface area contributed by atoms with Gasteiger partial charge in [-0.25, -0.2) is 0 Å². The average molecular weight is 969 g/mol. The summed E-state index contributed by atoms with van der Waals surface area (Å²) in [4.78, 5) is 28.1. The fourth-order valence-corrected chi connectivity index (χ4v) is 13.7. The Morgan fingerprint density at radius 1 is 0.549 bits per heavy atom. The third-order valence-electron chi connectivity index (χ3n) is 18.5. The summed E-state index contributed by atoms with van der Waals surface area (Å²) in [5, 5.41) is 0. The minimum Gasteiger partial charge on any atom is -0.491 e. The van der Waals surface area contributed by atoms with Crippen molar-refractivity contribution in [3.63, 3.8) is 0 Å². The van der Waals surface area contributed by atoms with E-state index in [1.807, 2.05) is 24.3 Å². The Hall–Kier alpha value is -4.66. The molecule has 4 aliphatic rings. The lowest BCUT2D eigenvalue weighted by Crippen LogP contribution is -2.53. The first-order valence-electron chi connectivity index (χ1n) is 26.9.